The van der Waals surface area contributed by atoms with Gasteiger partial charge in [-0.05, 0) is 19.1 Å². The lowest BCUT2D eigenvalue weighted by Crippen LogP contribution is -2.12. The van der Waals surface area contributed by atoms with Gasteiger partial charge in [0, 0.05) is 23.9 Å². The predicted molar refractivity (Wildman–Crippen MR) is 96.2 cm³/mol. The number of rotatable bonds is 5. The van der Waals surface area contributed by atoms with Gasteiger partial charge >= 0.3 is 0 Å². The van der Waals surface area contributed by atoms with Gasteiger partial charge in [-0.3, -0.25) is 14.8 Å². The van der Waals surface area contributed by atoms with Crippen molar-refractivity contribution in [3.63, 3.8) is 0 Å². The predicted octanol–water partition coefficient (Wildman–Crippen LogP) is 3.83. The molecule has 0 radical (unpaired) electrons. The van der Waals surface area contributed by atoms with Gasteiger partial charge in [-0.15, -0.1) is 0 Å². The Morgan fingerprint density at radius 2 is 1.88 bits per heavy atom. The third-order valence-electron chi connectivity index (χ3n) is 3.40. The van der Waals surface area contributed by atoms with Gasteiger partial charge in [0.2, 0.25) is 0 Å². The van der Waals surface area contributed by atoms with Crippen LogP contribution in [0.2, 0.25) is 0 Å². The van der Waals surface area contributed by atoms with E-state index < -0.39 is 14.9 Å². The first-order valence-electron chi connectivity index (χ1n) is 7.15. The van der Waals surface area contributed by atoms with Crippen LogP contribution in [0.3, 0.4) is 0 Å². The zero-order chi connectivity index (χ0) is 18.0. The molecule has 128 valence electrons. The number of nitro groups is 1. The molecule has 1 N–H and O–H groups in total. The Balaban J connectivity index is 1.85. The van der Waals surface area contributed by atoms with Crippen LogP contribution in [0.25, 0.3) is 10.4 Å². The first-order valence-corrected chi connectivity index (χ1v) is 9.45. The molecule has 7 nitrogen and oxygen atoms in total. The van der Waals surface area contributed by atoms with Gasteiger partial charge in [0.25, 0.3) is 15.7 Å². The molecule has 2 aromatic carbocycles. The molecule has 9 heteroatoms. The monoisotopic (exact) mass is 375 g/mol. The molecule has 0 aliphatic rings. The third-order valence-corrected chi connectivity index (χ3v) is 5.85. The van der Waals surface area contributed by atoms with Crippen molar-refractivity contribution in [2.75, 3.05) is 4.72 Å². The van der Waals surface area contributed by atoms with Crippen LogP contribution in [0.15, 0.2) is 59.6 Å². The molecule has 0 atom stereocenters. The number of thiazole rings is 1. The average molecular weight is 375 g/mol. The quantitative estimate of drug-likeness (QED) is 0.539. The number of non-ortho nitro benzene ring substituents is 1. The second kappa shape index (κ2) is 6.61. The molecular weight excluding hydrogens is 362 g/mol. The second-order valence-electron chi connectivity index (χ2n) is 5.26. The molecule has 0 saturated carbocycles. The van der Waals surface area contributed by atoms with Crippen molar-refractivity contribution >= 4 is 32.2 Å². The van der Waals surface area contributed by atoms with E-state index in [9.17, 15) is 18.5 Å². The lowest BCUT2D eigenvalue weighted by molar-refractivity contribution is -0.384. The Kier molecular flexibility index (Phi) is 4.51. The second-order valence-corrected chi connectivity index (χ2v) is 7.97. The average Bonchev–Trinajstić information content (AvgIpc) is 3.03. The zero-order valence-electron chi connectivity index (χ0n) is 13.0. The summed E-state index contributed by atoms with van der Waals surface area (Å²) in [6, 6.07) is 12.6. The highest BCUT2D eigenvalue weighted by molar-refractivity contribution is 7.93. The molecule has 0 saturated heterocycles. The van der Waals surface area contributed by atoms with Crippen molar-refractivity contribution < 1.29 is 13.3 Å². The van der Waals surface area contributed by atoms with E-state index >= 15 is 0 Å². The number of anilines is 1. The van der Waals surface area contributed by atoms with E-state index in [1.54, 1.807) is 24.3 Å². The minimum atomic E-state index is -3.73. The molecule has 3 aromatic rings. The van der Waals surface area contributed by atoms with Crippen molar-refractivity contribution in [2.24, 2.45) is 0 Å². The summed E-state index contributed by atoms with van der Waals surface area (Å²) in [7, 11) is -3.73. The fourth-order valence-electron chi connectivity index (χ4n) is 2.12. The number of hydrogen-bond acceptors (Lipinski definition) is 6. The first-order chi connectivity index (χ1) is 11.8. The molecule has 0 amide bonds. The Morgan fingerprint density at radius 3 is 2.56 bits per heavy atom. The Labute approximate surface area is 148 Å². The van der Waals surface area contributed by atoms with Crippen molar-refractivity contribution in [1.29, 1.82) is 0 Å². The number of nitrogens with one attached hydrogen (secondary N) is 1. The number of nitro benzene ring substituents is 1. The molecule has 0 fully saturated rings. The number of aromatic nitrogens is 1. The van der Waals surface area contributed by atoms with Crippen molar-refractivity contribution in [3.05, 3.63) is 70.4 Å². The van der Waals surface area contributed by atoms with Crippen LogP contribution in [-0.4, -0.2) is 18.3 Å². The molecule has 25 heavy (non-hydrogen) atoms. The minimum Gasteiger partial charge on any atom is -0.258 e. The van der Waals surface area contributed by atoms with Crippen LogP contribution < -0.4 is 4.72 Å². The van der Waals surface area contributed by atoms with Crippen molar-refractivity contribution in [3.8, 4) is 10.4 Å². The molecule has 0 aliphatic carbocycles. The summed E-state index contributed by atoms with van der Waals surface area (Å²) in [6.07, 6.45) is 1.48. The first kappa shape index (κ1) is 17.1. The number of hydrogen-bond donors (Lipinski definition) is 1. The van der Waals surface area contributed by atoms with Gasteiger partial charge in [0.05, 0.1) is 14.7 Å². The van der Waals surface area contributed by atoms with Crippen LogP contribution in [-0.2, 0) is 10.0 Å². The van der Waals surface area contributed by atoms with Crippen LogP contribution in [0.1, 0.15) is 5.56 Å². The van der Waals surface area contributed by atoms with Crippen molar-refractivity contribution in [1.82, 2.24) is 4.98 Å². The summed E-state index contributed by atoms with van der Waals surface area (Å²) in [4.78, 5) is 15.2. The standard InChI is InChI=1S/C16H13N3O4S2/c1-11-5-7-14(8-6-11)25(22,23)18-16-17-10-15(24-16)12-3-2-4-13(9-12)19(20)21/h2-10H,1H3,(H,17,18). The van der Waals surface area contributed by atoms with E-state index in [2.05, 4.69) is 9.71 Å². The highest BCUT2D eigenvalue weighted by Crippen LogP contribution is 2.31. The topological polar surface area (TPSA) is 102 Å². The molecule has 0 aliphatic heterocycles. The number of nitrogens with zero attached hydrogens (tertiary/aromatic N) is 2. The fourth-order valence-corrected chi connectivity index (χ4v) is 4.17. The number of aryl methyl sites for hydroxylation is 1. The van der Waals surface area contributed by atoms with E-state index in [1.807, 2.05) is 6.92 Å². The third kappa shape index (κ3) is 3.83. The van der Waals surface area contributed by atoms with Gasteiger partial charge in [-0.25, -0.2) is 13.4 Å². The number of benzene rings is 2. The maximum Gasteiger partial charge on any atom is 0.270 e. The molecule has 0 spiro atoms. The van der Waals surface area contributed by atoms with Crippen LogP contribution in [0, 0.1) is 17.0 Å². The van der Waals surface area contributed by atoms with E-state index in [0.29, 0.717) is 10.4 Å². The normalized spacial score (nSPS) is 11.2. The van der Waals surface area contributed by atoms with Gasteiger partial charge in [0.1, 0.15) is 0 Å². The minimum absolute atomic E-state index is 0.0345. The highest BCUT2D eigenvalue weighted by Gasteiger charge is 2.17. The smallest absolute Gasteiger partial charge is 0.258 e. The zero-order valence-corrected chi connectivity index (χ0v) is 14.7. The van der Waals surface area contributed by atoms with Crippen LogP contribution in [0.4, 0.5) is 10.8 Å². The SMILES string of the molecule is Cc1ccc(S(=O)(=O)Nc2ncc(-c3cccc([N+](=O)[O-])c3)s2)cc1. The Hall–Kier alpha value is -2.78. The molecule has 0 bridgehead atoms. The van der Waals surface area contributed by atoms with Gasteiger partial charge in [-0.1, -0.05) is 41.2 Å². The van der Waals surface area contributed by atoms with Gasteiger partial charge in [-0.2, -0.15) is 0 Å². The fraction of sp³-hybridized carbons (Fsp3) is 0.0625. The molecule has 1 aromatic heterocycles. The maximum absolute atomic E-state index is 12.4. The summed E-state index contributed by atoms with van der Waals surface area (Å²) in [5.74, 6) is 0. The van der Waals surface area contributed by atoms with Gasteiger partial charge in [0.15, 0.2) is 5.13 Å². The van der Waals surface area contributed by atoms with Crippen LogP contribution in [0.5, 0.6) is 0 Å². The summed E-state index contributed by atoms with van der Waals surface area (Å²) in [5.41, 5.74) is 1.53. The Morgan fingerprint density at radius 1 is 1.16 bits per heavy atom. The highest BCUT2D eigenvalue weighted by atomic mass is 32.2. The lowest BCUT2D eigenvalue weighted by atomic mass is 10.2. The molecule has 3 rings (SSSR count). The molecule has 0 unspecified atom stereocenters. The Bertz CT molecular complexity index is 1030. The summed E-state index contributed by atoms with van der Waals surface area (Å²) < 4.78 is 27.2. The van der Waals surface area contributed by atoms with Crippen LogP contribution >= 0.6 is 11.3 Å². The molecular formula is C16H13N3O4S2. The maximum atomic E-state index is 12.4. The largest absolute Gasteiger partial charge is 0.270 e. The van der Waals surface area contributed by atoms with Gasteiger partial charge < -0.3 is 0 Å². The summed E-state index contributed by atoms with van der Waals surface area (Å²) in [5, 5.41) is 11.1. The molecule has 1 heterocycles. The van der Waals surface area contributed by atoms with E-state index in [0.717, 1.165) is 16.9 Å². The summed E-state index contributed by atoms with van der Waals surface area (Å²) >= 11 is 1.11. The summed E-state index contributed by atoms with van der Waals surface area (Å²) in [6.45, 7) is 1.87. The van der Waals surface area contributed by atoms with E-state index in [4.69, 9.17) is 0 Å². The lowest BCUT2D eigenvalue weighted by Gasteiger charge is -2.05. The number of sulfonamides is 1. The van der Waals surface area contributed by atoms with E-state index in [-0.39, 0.29) is 15.7 Å². The van der Waals surface area contributed by atoms with E-state index in [1.165, 1.54) is 30.5 Å². The van der Waals surface area contributed by atoms with Crippen molar-refractivity contribution in [2.45, 2.75) is 11.8 Å².